The molecule has 6 nitrogen and oxygen atoms in total. The van der Waals surface area contributed by atoms with Crippen LogP contribution in [-0.4, -0.2) is 28.9 Å². The fourth-order valence-electron chi connectivity index (χ4n) is 3.07. The first-order valence-corrected chi connectivity index (χ1v) is 9.34. The minimum Gasteiger partial charge on any atom is -0.494 e. The molecule has 0 unspecified atom stereocenters. The number of hydrogen-bond acceptors (Lipinski definition) is 4. The van der Waals surface area contributed by atoms with Crippen LogP contribution in [-0.2, 0) is 0 Å². The number of amides is 1. The highest BCUT2D eigenvalue weighted by molar-refractivity contribution is 5.98. The number of hydrazone groups is 1. The van der Waals surface area contributed by atoms with E-state index in [1.165, 1.54) is 0 Å². The highest BCUT2D eigenvalue weighted by Crippen LogP contribution is 2.27. The van der Waals surface area contributed by atoms with Crippen LogP contribution in [0.1, 0.15) is 23.0 Å². The second-order valence-electron chi connectivity index (χ2n) is 6.39. The van der Waals surface area contributed by atoms with E-state index in [0.29, 0.717) is 18.0 Å². The van der Waals surface area contributed by atoms with Gasteiger partial charge in [-0.2, -0.15) is 10.2 Å². The van der Waals surface area contributed by atoms with Crippen molar-refractivity contribution in [2.24, 2.45) is 5.10 Å². The Balaban J connectivity index is 1.46. The summed E-state index contributed by atoms with van der Waals surface area (Å²) in [5.41, 5.74) is 5.40. The zero-order valence-electron chi connectivity index (χ0n) is 15.9. The molecule has 0 aliphatic heterocycles. The first-order chi connectivity index (χ1) is 14.2. The molecular formula is C23H20N4O2. The van der Waals surface area contributed by atoms with Crippen LogP contribution in [0.15, 0.2) is 77.9 Å². The zero-order chi connectivity index (χ0) is 20.1. The molecule has 3 aromatic carbocycles. The number of aromatic nitrogens is 2. The van der Waals surface area contributed by atoms with Gasteiger partial charge in [-0.1, -0.05) is 42.5 Å². The van der Waals surface area contributed by atoms with Crippen LogP contribution in [0.3, 0.4) is 0 Å². The first-order valence-electron chi connectivity index (χ1n) is 9.34. The second-order valence-corrected chi connectivity index (χ2v) is 6.39. The molecule has 1 amide bonds. The zero-order valence-corrected chi connectivity index (χ0v) is 15.9. The van der Waals surface area contributed by atoms with Crippen molar-refractivity contribution in [3.05, 3.63) is 84.1 Å². The van der Waals surface area contributed by atoms with Gasteiger partial charge < -0.3 is 4.74 Å². The van der Waals surface area contributed by atoms with Crippen LogP contribution < -0.4 is 10.2 Å². The van der Waals surface area contributed by atoms with Crippen molar-refractivity contribution in [3.63, 3.8) is 0 Å². The van der Waals surface area contributed by atoms with Gasteiger partial charge in [0, 0.05) is 5.56 Å². The minimum atomic E-state index is -0.355. The van der Waals surface area contributed by atoms with Crippen molar-refractivity contribution in [1.29, 1.82) is 0 Å². The molecule has 144 valence electrons. The molecule has 0 aliphatic carbocycles. The Kier molecular flexibility index (Phi) is 5.33. The summed E-state index contributed by atoms with van der Waals surface area (Å²) in [6.07, 6.45) is 1.58. The van der Waals surface area contributed by atoms with Crippen LogP contribution >= 0.6 is 0 Å². The van der Waals surface area contributed by atoms with Crippen molar-refractivity contribution < 1.29 is 9.53 Å². The molecule has 0 radical (unpaired) electrons. The Morgan fingerprint density at radius 2 is 1.90 bits per heavy atom. The predicted molar refractivity (Wildman–Crippen MR) is 114 cm³/mol. The summed E-state index contributed by atoms with van der Waals surface area (Å²) in [6, 6.07) is 23.3. The lowest BCUT2D eigenvalue weighted by Gasteiger charge is -2.03. The molecular weight excluding hydrogens is 364 g/mol. The average molecular weight is 384 g/mol. The van der Waals surface area contributed by atoms with E-state index < -0.39 is 0 Å². The Labute approximate surface area is 168 Å². The highest BCUT2D eigenvalue weighted by atomic mass is 16.5. The lowest BCUT2D eigenvalue weighted by molar-refractivity contribution is 0.0950. The summed E-state index contributed by atoms with van der Waals surface area (Å²) < 4.78 is 5.40. The van der Waals surface area contributed by atoms with Gasteiger partial charge in [-0.05, 0) is 53.6 Å². The number of rotatable bonds is 6. The highest BCUT2D eigenvalue weighted by Gasteiger charge is 2.12. The van der Waals surface area contributed by atoms with Crippen molar-refractivity contribution in [1.82, 2.24) is 15.6 Å². The molecule has 0 saturated heterocycles. The van der Waals surface area contributed by atoms with E-state index in [9.17, 15) is 4.79 Å². The van der Waals surface area contributed by atoms with E-state index in [-0.39, 0.29) is 5.91 Å². The molecule has 2 N–H and O–H groups in total. The van der Waals surface area contributed by atoms with E-state index in [2.05, 4.69) is 32.9 Å². The summed E-state index contributed by atoms with van der Waals surface area (Å²) in [7, 11) is 0. The molecule has 6 heteroatoms. The van der Waals surface area contributed by atoms with E-state index in [4.69, 9.17) is 4.74 Å². The second kappa shape index (κ2) is 8.39. The molecule has 0 atom stereocenters. The van der Waals surface area contributed by atoms with Crippen LogP contribution in [0.25, 0.3) is 22.0 Å². The van der Waals surface area contributed by atoms with E-state index in [1.54, 1.807) is 12.3 Å². The van der Waals surface area contributed by atoms with Crippen LogP contribution in [0.2, 0.25) is 0 Å². The average Bonchev–Trinajstić information content (AvgIpc) is 3.25. The normalized spacial score (nSPS) is 11.1. The number of nitrogens with one attached hydrogen (secondary N) is 2. The van der Waals surface area contributed by atoms with Gasteiger partial charge in [-0.15, -0.1) is 0 Å². The van der Waals surface area contributed by atoms with Gasteiger partial charge in [0.25, 0.3) is 5.91 Å². The molecule has 0 spiro atoms. The van der Waals surface area contributed by atoms with Gasteiger partial charge in [-0.25, -0.2) is 5.43 Å². The van der Waals surface area contributed by atoms with Gasteiger partial charge in [0.05, 0.1) is 18.5 Å². The van der Waals surface area contributed by atoms with Crippen molar-refractivity contribution in [3.8, 4) is 17.0 Å². The fourth-order valence-corrected chi connectivity index (χ4v) is 3.07. The van der Waals surface area contributed by atoms with E-state index >= 15 is 0 Å². The molecule has 0 bridgehead atoms. The SMILES string of the molecule is CCOc1ccc(C=NNC(=O)c2cc(-c3cccc4ccccc34)n[nH]2)cc1. The Hall–Kier alpha value is -3.93. The number of benzene rings is 3. The quantitative estimate of drug-likeness (QED) is 0.382. The van der Waals surface area contributed by atoms with Gasteiger partial charge in [0.1, 0.15) is 11.4 Å². The molecule has 0 saturated carbocycles. The molecule has 1 aromatic heterocycles. The maximum absolute atomic E-state index is 12.4. The summed E-state index contributed by atoms with van der Waals surface area (Å²) >= 11 is 0. The molecule has 0 aliphatic rings. The number of carbonyl (C=O) groups excluding carboxylic acids is 1. The first kappa shape index (κ1) is 18.4. The molecule has 4 rings (SSSR count). The van der Waals surface area contributed by atoms with Crippen LogP contribution in [0.4, 0.5) is 0 Å². The fraction of sp³-hybridized carbons (Fsp3) is 0.0870. The van der Waals surface area contributed by atoms with E-state index in [0.717, 1.165) is 27.6 Å². The number of hydrogen-bond donors (Lipinski definition) is 2. The lowest BCUT2D eigenvalue weighted by Crippen LogP contribution is -2.17. The molecule has 0 fully saturated rings. The number of fused-ring (bicyclic) bond motifs is 1. The maximum Gasteiger partial charge on any atom is 0.289 e. The van der Waals surface area contributed by atoms with Crippen molar-refractivity contribution in [2.45, 2.75) is 6.92 Å². The summed E-state index contributed by atoms with van der Waals surface area (Å²) in [4.78, 5) is 12.4. The van der Waals surface area contributed by atoms with Crippen LogP contribution in [0.5, 0.6) is 5.75 Å². The Bertz CT molecular complexity index is 1160. The van der Waals surface area contributed by atoms with Gasteiger partial charge in [0.15, 0.2) is 0 Å². The largest absolute Gasteiger partial charge is 0.494 e. The number of nitrogens with zero attached hydrogens (tertiary/aromatic N) is 2. The number of H-pyrrole nitrogens is 1. The monoisotopic (exact) mass is 384 g/mol. The summed E-state index contributed by atoms with van der Waals surface area (Å²) in [6.45, 7) is 2.56. The standard InChI is InChI=1S/C23H20N4O2/c1-2-29-18-12-10-16(11-13-18)15-24-27-23(28)22-14-21(25-26-22)20-9-5-7-17-6-3-4-8-19(17)20/h3-15H,2H2,1H3,(H,25,26)(H,27,28). The maximum atomic E-state index is 12.4. The predicted octanol–water partition coefficient (Wildman–Crippen LogP) is 4.39. The van der Waals surface area contributed by atoms with Crippen LogP contribution in [0, 0.1) is 0 Å². The third-order valence-electron chi connectivity index (χ3n) is 4.46. The Morgan fingerprint density at radius 3 is 2.72 bits per heavy atom. The summed E-state index contributed by atoms with van der Waals surface area (Å²) in [5.74, 6) is 0.443. The number of carbonyl (C=O) groups is 1. The van der Waals surface area contributed by atoms with Gasteiger partial charge >= 0.3 is 0 Å². The number of aromatic amines is 1. The van der Waals surface area contributed by atoms with E-state index in [1.807, 2.05) is 61.5 Å². The molecule has 4 aromatic rings. The van der Waals surface area contributed by atoms with Crippen molar-refractivity contribution in [2.75, 3.05) is 6.61 Å². The van der Waals surface area contributed by atoms with Gasteiger partial charge in [-0.3, -0.25) is 9.89 Å². The Morgan fingerprint density at radius 1 is 1.10 bits per heavy atom. The minimum absolute atomic E-state index is 0.344. The van der Waals surface area contributed by atoms with Crippen molar-refractivity contribution >= 4 is 22.9 Å². The number of ether oxygens (including phenoxy) is 1. The third-order valence-corrected chi connectivity index (χ3v) is 4.46. The van der Waals surface area contributed by atoms with Gasteiger partial charge in [0.2, 0.25) is 0 Å². The molecule has 29 heavy (non-hydrogen) atoms. The molecule has 1 heterocycles. The summed E-state index contributed by atoms with van der Waals surface area (Å²) in [5, 5.41) is 13.3. The smallest absolute Gasteiger partial charge is 0.289 e. The topological polar surface area (TPSA) is 79.4 Å². The lowest BCUT2D eigenvalue weighted by atomic mass is 10.0. The third kappa shape index (κ3) is 4.16.